The lowest BCUT2D eigenvalue weighted by Crippen LogP contribution is -2.08. The summed E-state index contributed by atoms with van der Waals surface area (Å²) < 4.78 is 0.835. The number of aryl methyl sites for hydroxylation is 1. The van der Waals surface area contributed by atoms with Crippen LogP contribution in [0, 0.1) is 10.6 Å². The molecule has 0 aliphatic heterocycles. The maximum atomic E-state index is 11.4. The molecule has 1 amide bonds. The van der Waals surface area contributed by atoms with Crippen LogP contribution >= 0.6 is 34.4 Å². The standard InChI is InChI=1S/C17H17IN6OS/c1-3-16(25)19-11-4-6-12(7-5-11)26-17-20-13(18)9-14(22-17)21-15-8-10(2)23-24-15/h4-9H,3H2,1-2H3,(H,19,25)(H2,20,21,22,23,24). The quantitative estimate of drug-likeness (QED) is 0.276. The van der Waals surface area contributed by atoms with Crippen LogP contribution in [0.15, 0.2) is 46.5 Å². The van der Waals surface area contributed by atoms with E-state index in [1.807, 2.05) is 50.2 Å². The van der Waals surface area contributed by atoms with Crippen molar-refractivity contribution in [3.8, 4) is 0 Å². The van der Waals surface area contributed by atoms with Crippen LogP contribution in [0.4, 0.5) is 17.3 Å². The molecule has 1 aromatic carbocycles. The molecule has 0 fully saturated rings. The summed E-state index contributed by atoms with van der Waals surface area (Å²) in [6, 6.07) is 11.4. The SMILES string of the molecule is CCC(=O)Nc1ccc(Sc2nc(I)cc(Nc3cc(C)[nH]n3)n2)cc1. The molecule has 0 saturated carbocycles. The van der Waals surface area contributed by atoms with E-state index in [-0.39, 0.29) is 5.91 Å². The first-order chi connectivity index (χ1) is 12.5. The van der Waals surface area contributed by atoms with Gasteiger partial charge in [0.2, 0.25) is 5.91 Å². The third-order valence-corrected chi connectivity index (χ3v) is 4.73. The van der Waals surface area contributed by atoms with Gasteiger partial charge in [-0.25, -0.2) is 9.97 Å². The highest BCUT2D eigenvalue weighted by molar-refractivity contribution is 14.1. The molecule has 2 aromatic heterocycles. The third kappa shape index (κ3) is 5.18. The van der Waals surface area contributed by atoms with Gasteiger partial charge in [0.25, 0.3) is 0 Å². The maximum Gasteiger partial charge on any atom is 0.224 e. The van der Waals surface area contributed by atoms with E-state index >= 15 is 0 Å². The predicted octanol–water partition coefficient (Wildman–Crippen LogP) is 4.36. The molecule has 3 rings (SSSR count). The molecule has 3 N–H and O–H groups in total. The molecular formula is C17H17IN6OS. The fraction of sp³-hybridized carbons (Fsp3) is 0.176. The molecule has 3 aromatic rings. The van der Waals surface area contributed by atoms with Gasteiger partial charge in [-0.1, -0.05) is 6.92 Å². The summed E-state index contributed by atoms with van der Waals surface area (Å²) in [5, 5.41) is 13.7. The summed E-state index contributed by atoms with van der Waals surface area (Å²) >= 11 is 3.62. The molecule has 0 unspecified atom stereocenters. The predicted molar refractivity (Wildman–Crippen MR) is 111 cm³/mol. The second-order valence-electron chi connectivity index (χ2n) is 5.45. The van der Waals surface area contributed by atoms with Crippen molar-refractivity contribution < 1.29 is 4.79 Å². The van der Waals surface area contributed by atoms with Crippen molar-refractivity contribution in [2.24, 2.45) is 0 Å². The fourth-order valence-corrected chi connectivity index (χ4v) is 3.54. The monoisotopic (exact) mass is 480 g/mol. The van der Waals surface area contributed by atoms with E-state index in [2.05, 4.69) is 53.4 Å². The third-order valence-electron chi connectivity index (χ3n) is 3.30. The Morgan fingerprint density at radius 2 is 1.96 bits per heavy atom. The summed E-state index contributed by atoms with van der Waals surface area (Å²) in [4.78, 5) is 21.4. The van der Waals surface area contributed by atoms with Crippen molar-refractivity contribution in [1.29, 1.82) is 0 Å². The number of aromatic amines is 1. The number of carbonyl (C=O) groups excluding carboxylic acids is 1. The number of carbonyl (C=O) groups is 1. The average Bonchev–Trinajstić information content (AvgIpc) is 3.01. The topological polar surface area (TPSA) is 95.6 Å². The van der Waals surface area contributed by atoms with E-state index in [4.69, 9.17) is 0 Å². The molecule has 0 radical (unpaired) electrons. The second kappa shape index (κ2) is 8.49. The van der Waals surface area contributed by atoms with Gasteiger partial charge in [0, 0.05) is 34.8 Å². The van der Waals surface area contributed by atoms with Gasteiger partial charge >= 0.3 is 0 Å². The van der Waals surface area contributed by atoms with Gasteiger partial charge in [-0.3, -0.25) is 9.89 Å². The highest BCUT2D eigenvalue weighted by Gasteiger charge is 2.08. The number of nitrogens with zero attached hydrogens (tertiary/aromatic N) is 3. The van der Waals surface area contributed by atoms with Gasteiger partial charge in [-0.2, -0.15) is 5.10 Å². The van der Waals surface area contributed by atoms with Crippen molar-refractivity contribution in [2.75, 3.05) is 10.6 Å². The summed E-state index contributed by atoms with van der Waals surface area (Å²) in [5.74, 6) is 1.39. The molecule has 134 valence electrons. The van der Waals surface area contributed by atoms with Gasteiger partial charge < -0.3 is 10.6 Å². The lowest BCUT2D eigenvalue weighted by molar-refractivity contribution is -0.115. The number of benzene rings is 1. The number of amides is 1. The molecule has 9 heteroatoms. The Hall–Kier alpha value is -2.14. The van der Waals surface area contributed by atoms with E-state index < -0.39 is 0 Å². The summed E-state index contributed by atoms with van der Waals surface area (Å²) in [6.45, 7) is 3.76. The van der Waals surface area contributed by atoms with Crippen LogP contribution in [0.3, 0.4) is 0 Å². The highest BCUT2D eigenvalue weighted by atomic mass is 127. The van der Waals surface area contributed by atoms with Crippen molar-refractivity contribution in [2.45, 2.75) is 30.3 Å². The van der Waals surface area contributed by atoms with Gasteiger partial charge in [-0.15, -0.1) is 0 Å². The minimum absolute atomic E-state index is 0.00401. The molecule has 2 heterocycles. The van der Waals surface area contributed by atoms with Gasteiger partial charge in [0.05, 0.1) is 0 Å². The number of hydrogen-bond donors (Lipinski definition) is 3. The molecule has 0 bridgehead atoms. The average molecular weight is 480 g/mol. The molecular weight excluding hydrogens is 463 g/mol. The van der Waals surface area contributed by atoms with Gasteiger partial charge in [0.1, 0.15) is 9.52 Å². The van der Waals surface area contributed by atoms with E-state index in [0.717, 1.165) is 20.0 Å². The first kappa shape index (κ1) is 18.6. The van der Waals surface area contributed by atoms with E-state index in [9.17, 15) is 4.79 Å². The lowest BCUT2D eigenvalue weighted by atomic mass is 10.3. The highest BCUT2D eigenvalue weighted by Crippen LogP contribution is 2.28. The number of H-pyrrole nitrogens is 1. The van der Waals surface area contributed by atoms with Crippen LogP contribution in [-0.2, 0) is 4.79 Å². The van der Waals surface area contributed by atoms with Crippen molar-refractivity contribution in [3.05, 3.63) is 45.8 Å². The Kier molecular flexibility index (Phi) is 6.09. The molecule has 0 aliphatic rings. The summed E-state index contributed by atoms with van der Waals surface area (Å²) in [5.41, 5.74) is 1.75. The Balaban J connectivity index is 1.72. The van der Waals surface area contributed by atoms with Crippen molar-refractivity contribution >= 4 is 57.6 Å². The van der Waals surface area contributed by atoms with Crippen LogP contribution in [-0.4, -0.2) is 26.1 Å². The summed E-state index contributed by atoms with van der Waals surface area (Å²) in [6.07, 6.45) is 0.456. The Bertz CT molecular complexity index is 912. The fourth-order valence-electron chi connectivity index (χ4n) is 2.08. The molecule has 26 heavy (non-hydrogen) atoms. The van der Waals surface area contributed by atoms with Crippen LogP contribution < -0.4 is 10.6 Å². The zero-order chi connectivity index (χ0) is 18.5. The van der Waals surface area contributed by atoms with Gasteiger partial charge in [-0.05, 0) is 65.5 Å². The lowest BCUT2D eigenvalue weighted by Gasteiger charge is -2.07. The summed E-state index contributed by atoms with van der Waals surface area (Å²) in [7, 11) is 0. The molecule has 0 spiro atoms. The smallest absolute Gasteiger partial charge is 0.224 e. The number of nitrogens with one attached hydrogen (secondary N) is 3. The number of aromatic nitrogens is 4. The van der Waals surface area contributed by atoms with E-state index in [1.165, 1.54) is 11.8 Å². The first-order valence-corrected chi connectivity index (χ1v) is 9.82. The number of rotatable bonds is 6. The number of hydrogen-bond acceptors (Lipinski definition) is 6. The minimum Gasteiger partial charge on any atom is -0.326 e. The molecule has 0 saturated heterocycles. The normalized spacial score (nSPS) is 10.6. The first-order valence-electron chi connectivity index (χ1n) is 7.93. The van der Waals surface area contributed by atoms with Crippen LogP contribution in [0.2, 0.25) is 0 Å². The zero-order valence-electron chi connectivity index (χ0n) is 14.2. The zero-order valence-corrected chi connectivity index (χ0v) is 17.2. The minimum atomic E-state index is -0.00401. The van der Waals surface area contributed by atoms with Crippen molar-refractivity contribution in [1.82, 2.24) is 20.2 Å². The van der Waals surface area contributed by atoms with Crippen LogP contribution in [0.1, 0.15) is 19.0 Å². The largest absolute Gasteiger partial charge is 0.326 e. The van der Waals surface area contributed by atoms with Crippen molar-refractivity contribution in [3.63, 3.8) is 0 Å². The molecule has 7 nitrogen and oxygen atoms in total. The maximum absolute atomic E-state index is 11.4. The van der Waals surface area contributed by atoms with Crippen LogP contribution in [0.5, 0.6) is 0 Å². The number of halogens is 1. The Morgan fingerprint density at radius 1 is 1.19 bits per heavy atom. The Morgan fingerprint density at radius 3 is 2.62 bits per heavy atom. The van der Waals surface area contributed by atoms with E-state index in [0.29, 0.717) is 23.2 Å². The Labute approximate surface area is 168 Å². The molecule has 0 atom stereocenters. The number of anilines is 3. The van der Waals surface area contributed by atoms with Crippen LogP contribution in [0.25, 0.3) is 0 Å². The second-order valence-corrected chi connectivity index (χ2v) is 7.59. The van der Waals surface area contributed by atoms with Gasteiger partial charge in [0.15, 0.2) is 11.0 Å². The molecule has 0 aliphatic carbocycles. The van der Waals surface area contributed by atoms with E-state index in [1.54, 1.807) is 0 Å².